The maximum atomic E-state index is 12.7. The van der Waals surface area contributed by atoms with Gasteiger partial charge < -0.3 is 20.3 Å². The van der Waals surface area contributed by atoms with Crippen molar-refractivity contribution in [3.8, 4) is 5.75 Å². The van der Waals surface area contributed by atoms with Crippen LogP contribution in [-0.4, -0.2) is 25.1 Å². The first-order valence-corrected chi connectivity index (χ1v) is 9.64. The first-order valence-electron chi connectivity index (χ1n) is 9.64. The standard InChI is InChI=1S/C23H27N3O3/c1-6-26-19-13-18(10-11-20(19)29-14-21(26)27)24-22(28)25-23(4,5)17-9-7-8-16(12-17)15(2)3/h7-13H,2,6,14H2,1,3-5H3,(H2,24,25,28). The molecule has 2 aromatic carbocycles. The number of rotatable bonds is 5. The minimum Gasteiger partial charge on any atom is -0.482 e. The van der Waals surface area contributed by atoms with Crippen molar-refractivity contribution in [3.05, 3.63) is 60.2 Å². The Labute approximate surface area is 171 Å². The van der Waals surface area contributed by atoms with E-state index in [0.29, 0.717) is 23.7 Å². The monoisotopic (exact) mass is 393 g/mol. The number of nitrogens with zero attached hydrogens (tertiary/aromatic N) is 1. The van der Waals surface area contributed by atoms with Crippen LogP contribution in [0, 0.1) is 0 Å². The maximum Gasteiger partial charge on any atom is 0.319 e. The van der Waals surface area contributed by atoms with Gasteiger partial charge in [-0.1, -0.05) is 30.4 Å². The molecule has 0 fully saturated rings. The highest BCUT2D eigenvalue weighted by Gasteiger charge is 2.26. The Hall–Kier alpha value is -3.28. The number of ether oxygens (including phenoxy) is 1. The van der Waals surface area contributed by atoms with E-state index >= 15 is 0 Å². The Kier molecular flexibility index (Phi) is 5.64. The van der Waals surface area contributed by atoms with Gasteiger partial charge in [0.2, 0.25) is 0 Å². The topological polar surface area (TPSA) is 70.7 Å². The Bertz CT molecular complexity index is 966. The number of benzene rings is 2. The van der Waals surface area contributed by atoms with Gasteiger partial charge in [-0.15, -0.1) is 0 Å². The van der Waals surface area contributed by atoms with Crippen molar-refractivity contribution in [2.75, 3.05) is 23.4 Å². The van der Waals surface area contributed by atoms with Gasteiger partial charge in [0.25, 0.3) is 5.91 Å². The third-order valence-corrected chi connectivity index (χ3v) is 4.98. The maximum absolute atomic E-state index is 12.7. The third kappa shape index (κ3) is 4.42. The van der Waals surface area contributed by atoms with E-state index in [1.807, 2.05) is 52.0 Å². The molecule has 0 radical (unpaired) electrons. The summed E-state index contributed by atoms with van der Waals surface area (Å²) in [6.07, 6.45) is 0. The molecule has 0 saturated heterocycles. The predicted octanol–water partition coefficient (Wildman–Crippen LogP) is 4.52. The average Bonchev–Trinajstić information content (AvgIpc) is 2.67. The van der Waals surface area contributed by atoms with Gasteiger partial charge in [0, 0.05) is 12.2 Å². The van der Waals surface area contributed by atoms with Gasteiger partial charge in [0.05, 0.1) is 11.2 Å². The molecule has 6 heteroatoms. The van der Waals surface area contributed by atoms with Gasteiger partial charge in [0.15, 0.2) is 6.61 Å². The Morgan fingerprint density at radius 2 is 2.00 bits per heavy atom. The molecule has 0 atom stereocenters. The summed E-state index contributed by atoms with van der Waals surface area (Å²) in [6, 6.07) is 12.9. The molecule has 1 aliphatic heterocycles. The minimum absolute atomic E-state index is 0.0333. The molecule has 0 bridgehead atoms. The van der Waals surface area contributed by atoms with Gasteiger partial charge in [-0.2, -0.15) is 0 Å². The van der Waals surface area contributed by atoms with Gasteiger partial charge >= 0.3 is 6.03 Å². The fourth-order valence-corrected chi connectivity index (χ4v) is 3.32. The normalized spacial score (nSPS) is 13.4. The number of hydrogen-bond donors (Lipinski definition) is 2. The first kappa shape index (κ1) is 20.5. The van der Waals surface area contributed by atoms with Crippen LogP contribution in [0.4, 0.5) is 16.2 Å². The summed E-state index contributed by atoms with van der Waals surface area (Å²) in [4.78, 5) is 26.3. The summed E-state index contributed by atoms with van der Waals surface area (Å²) in [5.74, 6) is 0.537. The zero-order chi connectivity index (χ0) is 21.2. The molecule has 1 heterocycles. The number of likely N-dealkylation sites (N-methyl/N-ethyl adjacent to an activating group) is 1. The fourth-order valence-electron chi connectivity index (χ4n) is 3.32. The van der Waals surface area contributed by atoms with Crippen LogP contribution in [0.15, 0.2) is 49.0 Å². The van der Waals surface area contributed by atoms with Crippen molar-refractivity contribution in [1.82, 2.24) is 5.32 Å². The number of allylic oxidation sites excluding steroid dienone is 1. The second-order valence-corrected chi connectivity index (χ2v) is 7.67. The lowest BCUT2D eigenvalue weighted by molar-refractivity contribution is -0.121. The lowest BCUT2D eigenvalue weighted by Crippen LogP contribution is -2.43. The highest BCUT2D eigenvalue weighted by molar-refractivity contribution is 5.99. The van der Waals surface area contributed by atoms with E-state index in [2.05, 4.69) is 17.2 Å². The minimum atomic E-state index is -0.585. The molecule has 0 saturated carbocycles. The first-order chi connectivity index (χ1) is 13.7. The molecular weight excluding hydrogens is 366 g/mol. The zero-order valence-electron chi connectivity index (χ0n) is 17.3. The molecule has 0 unspecified atom stereocenters. The smallest absolute Gasteiger partial charge is 0.319 e. The van der Waals surface area contributed by atoms with Crippen LogP contribution in [0.5, 0.6) is 5.75 Å². The molecule has 3 rings (SSSR count). The molecular formula is C23H27N3O3. The highest BCUT2D eigenvalue weighted by atomic mass is 16.5. The van der Waals surface area contributed by atoms with Crippen molar-refractivity contribution in [1.29, 1.82) is 0 Å². The van der Waals surface area contributed by atoms with Crippen LogP contribution in [0.1, 0.15) is 38.8 Å². The Morgan fingerprint density at radius 1 is 1.24 bits per heavy atom. The third-order valence-electron chi connectivity index (χ3n) is 4.98. The van der Waals surface area contributed by atoms with Crippen LogP contribution >= 0.6 is 0 Å². The van der Waals surface area contributed by atoms with Gasteiger partial charge in [-0.3, -0.25) is 4.79 Å². The lowest BCUT2D eigenvalue weighted by atomic mass is 9.92. The molecule has 29 heavy (non-hydrogen) atoms. The number of fused-ring (bicyclic) bond motifs is 1. The van der Waals surface area contributed by atoms with E-state index in [4.69, 9.17) is 4.74 Å². The summed E-state index contributed by atoms with van der Waals surface area (Å²) in [7, 11) is 0. The molecule has 152 valence electrons. The predicted molar refractivity (Wildman–Crippen MR) is 116 cm³/mol. The summed E-state index contributed by atoms with van der Waals surface area (Å²) in [5, 5.41) is 5.86. The van der Waals surface area contributed by atoms with Gasteiger partial charge in [0.1, 0.15) is 5.75 Å². The van der Waals surface area contributed by atoms with E-state index in [1.165, 1.54) is 0 Å². The lowest BCUT2D eigenvalue weighted by Gasteiger charge is -2.29. The molecule has 6 nitrogen and oxygen atoms in total. The van der Waals surface area contributed by atoms with Crippen molar-refractivity contribution in [2.45, 2.75) is 33.2 Å². The largest absolute Gasteiger partial charge is 0.482 e. The van der Waals surface area contributed by atoms with Crippen molar-refractivity contribution < 1.29 is 14.3 Å². The summed E-state index contributed by atoms with van der Waals surface area (Å²) in [6.45, 7) is 12.3. The number of amides is 3. The molecule has 2 N–H and O–H groups in total. The second kappa shape index (κ2) is 7.99. The number of carbonyl (C=O) groups excluding carboxylic acids is 2. The summed E-state index contributed by atoms with van der Waals surface area (Å²) < 4.78 is 5.47. The van der Waals surface area contributed by atoms with Gasteiger partial charge in [-0.05, 0) is 63.1 Å². The van der Waals surface area contributed by atoms with Crippen molar-refractivity contribution in [3.63, 3.8) is 0 Å². The van der Waals surface area contributed by atoms with E-state index in [1.54, 1.807) is 23.1 Å². The van der Waals surface area contributed by atoms with Gasteiger partial charge in [-0.25, -0.2) is 4.79 Å². The van der Waals surface area contributed by atoms with Crippen molar-refractivity contribution in [2.24, 2.45) is 0 Å². The van der Waals surface area contributed by atoms with Crippen LogP contribution in [0.2, 0.25) is 0 Å². The molecule has 0 aliphatic carbocycles. The molecule has 2 aromatic rings. The molecule has 0 aromatic heterocycles. The van der Waals surface area contributed by atoms with E-state index in [9.17, 15) is 9.59 Å². The van der Waals surface area contributed by atoms with E-state index in [0.717, 1.165) is 16.7 Å². The molecule has 0 spiro atoms. The van der Waals surface area contributed by atoms with Crippen LogP contribution in [-0.2, 0) is 10.3 Å². The fraction of sp³-hybridized carbons (Fsp3) is 0.304. The molecule has 1 aliphatic rings. The zero-order valence-corrected chi connectivity index (χ0v) is 17.3. The van der Waals surface area contributed by atoms with E-state index in [-0.39, 0.29) is 18.5 Å². The summed E-state index contributed by atoms with van der Waals surface area (Å²) >= 11 is 0. The number of nitrogens with one attached hydrogen (secondary N) is 2. The Balaban J connectivity index is 1.75. The van der Waals surface area contributed by atoms with Crippen LogP contribution in [0.25, 0.3) is 5.57 Å². The quantitative estimate of drug-likeness (QED) is 0.784. The van der Waals surface area contributed by atoms with Crippen molar-refractivity contribution >= 4 is 28.9 Å². The highest BCUT2D eigenvalue weighted by Crippen LogP contribution is 2.34. The van der Waals surface area contributed by atoms with E-state index < -0.39 is 5.54 Å². The molecule has 3 amide bonds. The SMILES string of the molecule is C=C(C)c1cccc(C(C)(C)NC(=O)Nc2ccc3c(c2)N(CC)C(=O)CO3)c1. The number of carbonyl (C=O) groups is 2. The number of urea groups is 1. The second-order valence-electron chi connectivity index (χ2n) is 7.67. The number of hydrogen-bond acceptors (Lipinski definition) is 3. The number of anilines is 2. The average molecular weight is 393 g/mol. The van der Waals surface area contributed by atoms with Crippen LogP contribution < -0.4 is 20.3 Å². The summed E-state index contributed by atoms with van der Waals surface area (Å²) in [5.41, 5.74) is 3.66. The Morgan fingerprint density at radius 3 is 2.69 bits per heavy atom. The van der Waals surface area contributed by atoms with Crippen LogP contribution in [0.3, 0.4) is 0 Å².